The smallest absolute Gasteiger partial charge is 0.418 e. The maximum absolute atomic E-state index is 9.75. The molecule has 1 heterocycles. The summed E-state index contributed by atoms with van der Waals surface area (Å²) in [6.45, 7) is 3.19. The van der Waals surface area contributed by atoms with Crippen LogP contribution in [0, 0.1) is 0 Å². The molecule has 0 aliphatic carbocycles. The molecule has 0 saturated heterocycles. The summed E-state index contributed by atoms with van der Waals surface area (Å²) < 4.78 is 39.6. The maximum Gasteiger partial charge on any atom is 0.673 e. The molecule has 1 aliphatic rings. The van der Waals surface area contributed by atoms with Crippen LogP contribution >= 0.6 is 0 Å². The largest absolute Gasteiger partial charge is 0.673 e. The molecule has 0 spiro atoms. The minimum atomic E-state index is -6.00. The molecule has 0 bridgehead atoms. The molecule has 0 N–H and O–H groups in total. The number of nitrogens with zero attached hydrogens (tertiary/aromatic N) is 3. The molecule has 14 heavy (non-hydrogen) atoms. The lowest BCUT2D eigenvalue weighted by Gasteiger charge is -2.15. The van der Waals surface area contributed by atoms with Crippen molar-refractivity contribution in [1.82, 2.24) is 0 Å². The monoisotopic (exact) mass is 213 g/mol. The van der Waals surface area contributed by atoms with Crippen LogP contribution in [0.5, 0.6) is 0 Å². The molecule has 1 rings (SSSR count). The van der Waals surface area contributed by atoms with E-state index in [2.05, 4.69) is 17.3 Å². The molecule has 0 amide bonds. The Labute approximate surface area is 79.8 Å². The van der Waals surface area contributed by atoms with Gasteiger partial charge < -0.3 is 17.3 Å². The molecule has 8 heteroatoms. The molecule has 0 radical (unpaired) electrons. The number of hydrogen-bond acceptors (Lipinski definition) is 2. The van der Waals surface area contributed by atoms with Gasteiger partial charge in [0, 0.05) is 5.22 Å². The van der Waals surface area contributed by atoms with Gasteiger partial charge in [0.25, 0.3) is 0 Å². The second kappa shape index (κ2) is 5.09. The van der Waals surface area contributed by atoms with Gasteiger partial charge in [-0.15, -0.1) is 5.11 Å². The van der Waals surface area contributed by atoms with Gasteiger partial charge in [-0.25, -0.2) is 0 Å². The highest BCUT2D eigenvalue weighted by molar-refractivity contribution is 6.50. The lowest BCUT2D eigenvalue weighted by atomic mass is 10.3. The normalized spacial score (nSPS) is 24.7. The van der Waals surface area contributed by atoms with Crippen LogP contribution in [0.25, 0.3) is 0 Å². The van der Waals surface area contributed by atoms with Gasteiger partial charge in [0.1, 0.15) is 18.9 Å². The second-order valence-electron chi connectivity index (χ2n) is 2.94. The van der Waals surface area contributed by atoms with Gasteiger partial charge in [0.2, 0.25) is 0 Å². The van der Waals surface area contributed by atoms with Gasteiger partial charge in [0.05, 0.1) is 7.05 Å². The fourth-order valence-corrected chi connectivity index (χ4v) is 0.923. The van der Waals surface area contributed by atoms with Gasteiger partial charge in [-0.05, 0) is 6.42 Å². The van der Waals surface area contributed by atoms with Crippen molar-refractivity contribution in [2.45, 2.75) is 13.3 Å². The van der Waals surface area contributed by atoms with Crippen molar-refractivity contribution in [2.75, 3.05) is 13.6 Å². The molecule has 3 nitrogen and oxygen atoms in total. The average molecular weight is 213 g/mol. The van der Waals surface area contributed by atoms with E-state index in [9.17, 15) is 17.3 Å². The molecular formula is C6H12BF4N3. The van der Waals surface area contributed by atoms with Crippen LogP contribution in [0.4, 0.5) is 17.3 Å². The molecule has 1 atom stereocenters. The van der Waals surface area contributed by atoms with Crippen molar-refractivity contribution in [3.05, 3.63) is 12.4 Å². The third kappa shape index (κ3) is 7.72. The highest BCUT2D eigenvalue weighted by Gasteiger charge is 2.20. The maximum atomic E-state index is 9.75. The summed E-state index contributed by atoms with van der Waals surface area (Å²) in [6.07, 6.45) is 4.87. The van der Waals surface area contributed by atoms with Gasteiger partial charge in [0.15, 0.2) is 0 Å². The first kappa shape index (κ1) is 13.1. The Balaban J connectivity index is 0.000000292. The Morgan fingerprint density at radius 1 is 1.29 bits per heavy atom. The minimum Gasteiger partial charge on any atom is -0.418 e. The van der Waals surface area contributed by atoms with Crippen molar-refractivity contribution >= 4 is 7.25 Å². The lowest BCUT2D eigenvalue weighted by molar-refractivity contribution is -0.867. The van der Waals surface area contributed by atoms with E-state index in [1.54, 1.807) is 6.20 Å². The first-order valence-corrected chi connectivity index (χ1v) is 4.09. The number of quaternary nitrogens is 1. The number of halogens is 4. The summed E-state index contributed by atoms with van der Waals surface area (Å²) in [4.78, 5) is 0. The topological polar surface area (TPSA) is 24.7 Å². The van der Waals surface area contributed by atoms with E-state index in [0.29, 0.717) is 4.59 Å². The van der Waals surface area contributed by atoms with Crippen LogP contribution in [-0.2, 0) is 0 Å². The minimum absolute atomic E-state index is 0.622. The number of hydrogen-bond donors (Lipinski definition) is 0. The SMILES string of the molecule is CCC[N+]1(C)C=CN=N1.F[B-](F)(F)F. The van der Waals surface area contributed by atoms with Gasteiger partial charge >= 0.3 is 7.25 Å². The summed E-state index contributed by atoms with van der Waals surface area (Å²) >= 11 is 0. The molecule has 0 aromatic rings. The third-order valence-corrected chi connectivity index (χ3v) is 1.39. The van der Waals surface area contributed by atoms with Gasteiger partial charge in [-0.3, -0.25) is 0 Å². The van der Waals surface area contributed by atoms with Crippen molar-refractivity contribution in [3.8, 4) is 0 Å². The first-order valence-electron chi connectivity index (χ1n) is 4.09. The molecule has 82 valence electrons. The molecule has 0 aromatic heterocycles. The molecule has 0 saturated carbocycles. The Kier molecular flexibility index (Phi) is 4.75. The quantitative estimate of drug-likeness (QED) is 0.382. The van der Waals surface area contributed by atoms with E-state index < -0.39 is 7.25 Å². The fraction of sp³-hybridized carbons (Fsp3) is 0.667. The molecule has 0 aromatic carbocycles. The van der Waals surface area contributed by atoms with E-state index in [0.717, 1.165) is 13.0 Å². The highest BCUT2D eigenvalue weighted by atomic mass is 19.5. The molecule has 1 aliphatic heterocycles. The summed E-state index contributed by atoms with van der Waals surface area (Å²) in [7, 11) is -3.96. The Morgan fingerprint density at radius 2 is 1.79 bits per heavy atom. The Hall–Kier alpha value is -0.915. The number of rotatable bonds is 2. The molecule has 0 fully saturated rings. The predicted octanol–water partition coefficient (Wildman–Crippen LogP) is 3.00. The standard InChI is InChI=1S/C6H12N3.BF4/c1-3-5-9(2)6-4-7-8-9;2-1(3,4)5/h4,6H,3,5H2,1-2H3;/q+1;-1. The van der Waals surface area contributed by atoms with Crippen molar-refractivity contribution < 1.29 is 21.9 Å². The fourth-order valence-electron chi connectivity index (χ4n) is 0.923. The van der Waals surface area contributed by atoms with E-state index in [-0.39, 0.29) is 0 Å². The van der Waals surface area contributed by atoms with Gasteiger partial charge in [-0.1, -0.05) is 6.92 Å². The van der Waals surface area contributed by atoms with Crippen LogP contribution in [0.1, 0.15) is 13.3 Å². The third-order valence-electron chi connectivity index (χ3n) is 1.39. The van der Waals surface area contributed by atoms with E-state index >= 15 is 0 Å². The van der Waals surface area contributed by atoms with Crippen LogP contribution in [-0.4, -0.2) is 25.4 Å². The van der Waals surface area contributed by atoms with Crippen LogP contribution in [0.15, 0.2) is 22.7 Å². The van der Waals surface area contributed by atoms with Crippen LogP contribution < -0.4 is 0 Å². The molecular weight excluding hydrogens is 201 g/mol. The lowest BCUT2D eigenvalue weighted by Crippen LogP contribution is -2.30. The Morgan fingerprint density at radius 3 is 2.07 bits per heavy atom. The van der Waals surface area contributed by atoms with Gasteiger partial charge in [-0.2, -0.15) is 4.59 Å². The van der Waals surface area contributed by atoms with Crippen LogP contribution in [0.2, 0.25) is 0 Å². The summed E-state index contributed by atoms with van der Waals surface area (Å²) in [5, 5.41) is 7.78. The zero-order chi connectivity index (χ0) is 11.2. The Bertz CT molecular complexity index is 208. The van der Waals surface area contributed by atoms with E-state index in [1.165, 1.54) is 0 Å². The zero-order valence-corrected chi connectivity index (χ0v) is 8.00. The highest BCUT2D eigenvalue weighted by Crippen LogP contribution is 2.12. The molecule has 1 unspecified atom stereocenters. The average Bonchev–Trinajstić information content (AvgIpc) is 2.33. The van der Waals surface area contributed by atoms with Crippen molar-refractivity contribution in [2.24, 2.45) is 10.3 Å². The van der Waals surface area contributed by atoms with Crippen molar-refractivity contribution in [3.63, 3.8) is 0 Å². The summed E-state index contributed by atoms with van der Waals surface area (Å²) in [6, 6.07) is 0. The van der Waals surface area contributed by atoms with E-state index in [1.807, 2.05) is 13.2 Å². The predicted molar refractivity (Wildman–Crippen MR) is 45.5 cm³/mol. The van der Waals surface area contributed by atoms with Crippen LogP contribution in [0.3, 0.4) is 0 Å². The van der Waals surface area contributed by atoms with E-state index in [4.69, 9.17) is 0 Å². The van der Waals surface area contributed by atoms with Crippen molar-refractivity contribution in [1.29, 1.82) is 0 Å². The summed E-state index contributed by atoms with van der Waals surface area (Å²) in [5.41, 5.74) is 0. The zero-order valence-electron chi connectivity index (χ0n) is 8.00. The second-order valence-corrected chi connectivity index (χ2v) is 2.94. The first-order chi connectivity index (χ1) is 6.27. The summed E-state index contributed by atoms with van der Waals surface area (Å²) in [5.74, 6) is 0.